The molecular formula is C19H15F5N4O2. The fourth-order valence-corrected chi connectivity index (χ4v) is 2.80. The van der Waals surface area contributed by atoms with E-state index < -0.39 is 40.5 Å². The summed E-state index contributed by atoms with van der Waals surface area (Å²) in [6.07, 6.45) is -4.55. The number of hydrogen-bond acceptors (Lipinski definition) is 3. The van der Waals surface area contributed by atoms with E-state index in [-0.39, 0.29) is 24.5 Å². The van der Waals surface area contributed by atoms with Crippen LogP contribution in [0, 0.1) is 11.6 Å². The number of halogens is 5. The molecule has 0 aliphatic carbocycles. The van der Waals surface area contributed by atoms with Crippen LogP contribution < -0.4 is 11.0 Å². The van der Waals surface area contributed by atoms with Crippen LogP contribution in [0.1, 0.15) is 15.9 Å². The molecule has 2 aromatic carbocycles. The molecule has 0 unspecified atom stereocenters. The van der Waals surface area contributed by atoms with Crippen molar-refractivity contribution in [3.8, 4) is 11.4 Å². The molecule has 11 heteroatoms. The van der Waals surface area contributed by atoms with Gasteiger partial charge in [-0.25, -0.2) is 18.3 Å². The fraction of sp³-hybridized carbons (Fsp3) is 0.211. The third-order valence-electron chi connectivity index (χ3n) is 4.29. The van der Waals surface area contributed by atoms with E-state index in [1.54, 1.807) is 0 Å². The lowest BCUT2D eigenvalue weighted by atomic mass is 10.1. The van der Waals surface area contributed by atoms with Crippen LogP contribution in [-0.4, -0.2) is 26.8 Å². The van der Waals surface area contributed by atoms with Crippen LogP contribution in [0.4, 0.5) is 22.0 Å². The molecule has 3 aromatic rings. The molecule has 1 heterocycles. The summed E-state index contributed by atoms with van der Waals surface area (Å²) in [5, 5.41) is 6.28. The number of alkyl halides is 3. The minimum Gasteiger partial charge on any atom is -0.350 e. The Balaban J connectivity index is 1.77. The first-order valence-electron chi connectivity index (χ1n) is 8.63. The topological polar surface area (TPSA) is 68.9 Å². The normalized spacial score (nSPS) is 11.5. The third-order valence-corrected chi connectivity index (χ3v) is 4.29. The predicted molar refractivity (Wildman–Crippen MR) is 96.6 cm³/mol. The molecule has 3 rings (SSSR count). The van der Waals surface area contributed by atoms with E-state index in [1.165, 1.54) is 19.2 Å². The highest BCUT2D eigenvalue weighted by molar-refractivity contribution is 5.94. The highest BCUT2D eigenvalue weighted by atomic mass is 19.4. The van der Waals surface area contributed by atoms with Gasteiger partial charge in [0.2, 0.25) is 0 Å². The number of amides is 1. The van der Waals surface area contributed by atoms with Gasteiger partial charge in [-0.05, 0) is 24.3 Å². The SMILES string of the molecule is Cn1c(-c2cccc(C(F)(F)F)c2)nn(CCNC(=O)c2c(F)cccc2F)c1=O. The van der Waals surface area contributed by atoms with Gasteiger partial charge >= 0.3 is 11.9 Å². The van der Waals surface area contributed by atoms with Crippen LogP contribution in [-0.2, 0) is 19.8 Å². The van der Waals surface area contributed by atoms with Crippen LogP contribution in [0.15, 0.2) is 47.3 Å². The Labute approximate surface area is 166 Å². The molecule has 1 amide bonds. The molecule has 0 fully saturated rings. The van der Waals surface area contributed by atoms with Crippen LogP contribution in [0.5, 0.6) is 0 Å². The Morgan fingerprint density at radius 2 is 1.73 bits per heavy atom. The van der Waals surface area contributed by atoms with E-state index in [0.29, 0.717) is 0 Å². The molecule has 0 radical (unpaired) electrons. The predicted octanol–water partition coefficient (Wildman–Crippen LogP) is 2.98. The second kappa shape index (κ2) is 8.09. The Bertz CT molecular complexity index is 1130. The average molecular weight is 426 g/mol. The smallest absolute Gasteiger partial charge is 0.350 e. The minimum absolute atomic E-state index is 0.00225. The van der Waals surface area contributed by atoms with Gasteiger partial charge in [0.1, 0.15) is 17.2 Å². The van der Waals surface area contributed by atoms with Gasteiger partial charge < -0.3 is 5.32 Å². The number of nitrogens with zero attached hydrogens (tertiary/aromatic N) is 3. The molecule has 0 aliphatic heterocycles. The first-order chi connectivity index (χ1) is 14.1. The van der Waals surface area contributed by atoms with Crippen molar-refractivity contribution in [2.45, 2.75) is 12.7 Å². The summed E-state index contributed by atoms with van der Waals surface area (Å²) in [6.45, 7) is -0.348. The van der Waals surface area contributed by atoms with Crippen molar-refractivity contribution in [1.82, 2.24) is 19.7 Å². The molecule has 1 N–H and O–H groups in total. The van der Waals surface area contributed by atoms with Crippen molar-refractivity contribution in [2.24, 2.45) is 7.05 Å². The zero-order valence-electron chi connectivity index (χ0n) is 15.5. The number of rotatable bonds is 5. The Morgan fingerprint density at radius 3 is 2.37 bits per heavy atom. The highest BCUT2D eigenvalue weighted by Crippen LogP contribution is 2.31. The summed E-state index contributed by atoms with van der Waals surface area (Å²) < 4.78 is 68.0. The van der Waals surface area contributed by atoms with Gasteiger partial charge in [-0.15, -0.1) is 5.10 Å². The molecule has 158 valence electrons. The first kappa shape index (κ1) is 21.2. The maximum absolute atomic E-state index is 13.6. The largest absolute Gasteiger partial charge is 0.416 e. The lowest BCUT2D eigenvalue weighted by Crippen LogP contribution is -2.32. The number of benzene rings is 2. The van der Waals surface area contributed by atoms with Crippen LogP contribution >= 0.6 is 0 Å². The zero-order valence-corrected chi connectivity index (χ0v) is 15.5. The van der Waals surface area contributed by atoms with Crippen molar-refractivity contribution in [1.29, 1.82) is 0 Å². The van der Waals surface area contributed by atoms with Crippen molar-refractivity contribution in [2.75, 3.05) is 6.54 Å². The van der Waals surface area contributed by atoms with Gasteiger partial charge in [-0.1, -0.05) is 18.2 Å². The molecule has 0 bridgehead atoms. The van der Waals surface area contributed by atoms with Crippen LogP contribution in [0.2, 0.25) is 0 Å². The maximum Gasteiger partial charge on any atom is 0.416 e. The highest BCUT2D eigenvalue weighted by Gasteiger charge is 2.31. The molecule has 0 aliphatic rings. The van der Waals surface area contributed by atoms with E-state index in [1.807, 2.05) is 0 Å². The monoisotopic (exact) mass is 426 g/mol. The number of aromatic nitrogens is 3. The maximum atomic E-state index is 13.6. The standard InChI is InChI=1S/C19H15F5N4O2/c1-27-16(11-4-2-5-12(10-11)19(22,23)24)26-28(18(27)30)9-8-25-17(29)15-13(20)6-3-7-14(15)21/h2-7,10H,8-9H2,1H3,(H,25,29). The van der Waals surface area contributed by atoms with E-state index in [4.69, 9.17) is 0 Å². The second-order valence-electron chi connectivity index (χ2n) is 6.32. The molecule has 6 nitrogen and oxygen atoms in total. The molecular weight excluding hydrogens is 411 g/mol. The molecule has 1 aromatic heterocycles. The van der Waals surface area contributed by atoms with Gasteiger partial charge in [-0.3, -0.25) is 9.36 Å². The number of carbonyl (C=O) groups excluding carboxylic acids is 1. The van der Waals surface area contributed by atoms with Gasteiger partial charge in [0.15, 0.2) is 5.82 Å². The number of carbonyl (C=O) groups is 1. The first-order valence-corrected chi connectivity index (χ1v) is 8.63. The summed E-state index contributed by atoms with van der Waals surface area (Å²) in [4.78, 5) is 24.3. The van der Waals surface area contributed by atoms with Crippen LogP contribution in [0.25, 0.3) is 11.4 Å². The Kier molecular flexibility index (Phi) is 5.72. The van der Waals surface area contributed by atoms with E-state index in [0.717, 1.165) is 39.6 Å². The van der Waals surface area contributed by atoms with E-state index in [9.17, 15) is 31.5 Å². The number of nitrogens with one attached hydrogen (secondary N) is 1. The molecule has 0 spiro atoms. The summed E-state index contributed by atoms with van der Waals surface area (Å²) in [5.74, 6) is -3.08. The quantitative estimate of drug-likeness (QED) is 0.638. The average Bonchev–Trinajstić information content (AvgIpc) is 2.96. The van der Waals surface area contributed by atoms with Crippen molar-refractivity contribution in [3.63, 3.8) is 0 Å². The van der Waals surface area contributed by atoms with Gasteiger partial charge in [-0.2, -0.15) is 13.2 Å². The van der Waals surface area contributed by atoms with Crippen molar-refractivity contribution >= 4 is 5.91 Å². The Morgan fingerprint density at radius 1 is 1.10 bits per heavy atom. The van der Waals surface area contributed by atoms with Crippen LogP contribution in [0.3, 0.4) is 0 Å². The van der Waals surface area contributed by atoms with Gasteiger partial charge in [0.25, 0.3) is 5.91 Å². The molecule has 0 saturated carbocycles. The second-order valence-corrected chi connectivity index (χ2v) is 6.32. The molecule has 30 heavy (non-hydrogen) atoms. The van der Waals surface area contributed by atoms with E-state index in [2.05, 4.69) is 10.4 Å². The molecule has 0 atom stereocenters. The fourth-order valence-electron chi connectivity index (χ4n) is 2.80. The summed E-state index contributed by atoms with van der Waals surface area (Å²) in [5.41, 5.74) is -2.19. The minimum atomic E-state index is -4.55. The van der Waals surface area contributed by atoms with Gasteiger partial charge in [0.05, 0.1) is 12.1 Å². The number of hydrogen-bond donors (Lipinski definition) is 1. The molecule has 0 saturated heterocycles. The van der Waals surface area contributed by atoms with Gasteiger partial charge in [0, 0.05) is 19.2 Å². The summed E-state index contributed by atoms with van der Waals surface area (Å²) in [6, 6.07) is 7.33. The lowest BCUT2D eigenvalue weighted by Gasteiger charge is -2.08. The third kappa shape index (κ3) is 4.24. The lowest BCUT2D eigenvalue weighted by molar-refractivity contribution is -0.137. The summed E-state index contributed by atoms with van der Waals surface area (Å²) in [7, 11) is 1.34. The zero-order chi connectivity index (χ0) is 22.1. The summed E-state index contributed by atoms with van der Waals surface area (Å²) >= 11 is 0. The van der Waals surface area contributed by atoms with E-state index >= 15 is 0 Å². The van der Waals surface area contributed by atoms with Crippen molar-refractivity contribution < 1.29 is 26.7 Å². The van der Waals surface area contributed by atoms with Crippen molar-refractivity contribution in [3.05, 3.63) is 75.7 Å². The Hall–Kier alpha value is -3.50.